The summed E-state index contributed by atoms with van der Waals surface area (Å²) in [4.78, 5) is 28.4. The Kier molecular flexibility index (Phi) is 10.4. The van der Waals surface area contributed by atoms with E-state index in [0.29, 0.717) is 10.6 Å². The molecule has 3 aromatic rings. The third kappa shape index (κ3) is 7.75. The van der Waals surface area contributed by atoms with E-state index in [1.807, 2.05) is 20.8 Å². The lowest BCUT2D eigenvalue weighted by atomic mass is 10.1. The number of para-hydroxylation sites is 1. The zero-order valence-electron chi connectivity index (χ0n) is 22.4. The van der Waals surface area contributed by atoms with E-state index in [1.165, 1.54) is 17.0 Å². The van der Waals surface area contributed by atoms with Crippen LogP contribution in [0.3, 0.4) is 0 Å². The monoisotopic (exact) mass is 589 g/mol. The van der Waals surface area contributed by atoms with Crippen LogP contribution in [-0.2, 0) is 26.2 Å². The molecule has 2 amide bonds. The minimum Gasteiger partial charge on any atom is -0.352 e. The van der Waals surface area contributed by atoms with Crippen molar-refractivity contribution in [1.29, 1.82) is 0 Å². The lowest BCUT2D eigenvalue weighted by Crippen LogP contribution is -2.52. The molecule has 0 radical (unpaired) electrons. The Bertz CT molecular complexity index is 1410. The normalized spacial score (nSPS) is 12.9. The van der Waals surface area contributed by atoms with Gasteiger partial charge in [0.1, 0.15) is 12.6 Å². The molecule has 0 spiro atoms. The van der Waals surface area contributed by atoms with Gasteiger partial charge >= 0.3 is 0 Å². The smallest absolute Gasteiger partial charge is 0.264 e. The van der Waals surface area contributed by atoms with Crippen molar-refractivity contribution in [3.05, 3.63) is 94.0 Å². The Hall–Kier alpha value is -3.07. The van der Waals surface area contributed by atoms with Crippen LogP contribution in [0.5, 0.6) is 0 Å². The van der Waals surface area contributed by atoms with Crippen molar-refractivity contribution in [2.45, 2.75) is 57.6 Å². The number of nitrogens with one attached hydrogen (secondary N) is 1. The van der Waals surface area contributed by atoms with Crippen LogP contribution in [0.15, 0.2) is 77.7 Å². The van der Waals surface area contributed by atoms with Crippen LogP contribution in [0.25, 0.3) is 0 Å². The van der Waals surface area contributed by atoms with Crippen molar-refractivity contribution in [1.82, 2.24) is 10.2 Å². The first-order valence-corrected chi connectivity index (χ1v) is 14.8. The van der Waals surface area contributed by atoms with Gasteiger partial charge in [0.05, 0.1) is 15.6 Å². The van der Waals surface area contributed by atoms with Crippen LogP contribution in [-0.4, -0.2) is 43.8 Å². The topological polar surface area (TPSA) is 86.8 Å². The molecule has 3 rings (SSSR count). The fraction of sp³-hybridized carbons (Fsp3) is 0.310. The molecule has 0 aliphatic carbocycles. The Balaban J connectivity index is 2.04. The largest absolute Gasteiger partial charge is 0.352 e. The number of benzene rings is 3. The Labute approximate surface area is 240 Å². The Morgan fingerprint density at radius 1 is 0.949 bits per heavy atom. The average Bonchev–Trinajstić information content (AvgIpc) is 2.90. The van der Waals surface area contributed by atoms with Crippen LogP contribution >= 0.6 is 23.2 Å². The van der Waals surface area contributed by atoms with Gasteiger partial charge in [-0.3, -0.25) is 13.9 Å². The quantitative estimate of drug-likeness (QED) is 0.305. The standard InChI is InChI=1S/C29H33Cl2N3O4S/c1-5-21(3)32-29(36)22(4)33(18-23-9-8-10-24(30)17-23)28(35)19-34(27-12-7-6-11-26(27)31)39(37,38)25-15-13-20(2)14-16-25/h6-17,21-22H,5,18-19H2,1-4H3,(H,32,36). The summed E-state index contributed by atoms with van der Waals surface area (Å²) < 4.78 is 28.7. The molecule has 10 heteroatoms. The van der Waals surface area contributed by atoms with Gasteiger partial charge in [0.25, 0.3) is 10.0 Å². The van der Waals surface area contributed by atoms with Crippen molar-refractivity contribution < 1.29 is 18.0 Å². The van der Waals surface area contributed by atoms with Crippen molar-refractivity contribution in [2.24, 2.45) is 0 Å². The van der Waals surface area contributed by atoms with Crippen molar-refractivity contribution >= 4 is 50.7 Å². The number of carbonyl (C=O) groups excluding carboxylic acids is 2. The third-order valence-corrected chi connectivity index (χ3v) is 8.75. The highest BCUT2D eigenvalue weighted by Gasteiger charge is 2.33. The molecule has 3 aromatic carbocycles. The highest BCUT2D eigenvalue weighted by Crippen LogP contribution is 2.31. The number of rotatable bonds is 11. The van der Waals surface area contributed by atoms with E-state index in [4.69, 9.17) is 23.2 Å². The highest BCUT2D eigenvalue weighted by molar-refractivity contribution is 7.92. The number of hydrogen-bond donors (Lipinski definition) is 1. The van der Waals surface area contributed by atoms with Gasteiger partial charge in [-0.1, -0.05) is 72.1 Å². The predicted molar refractivity (Wildman–Crippen MR) is 157 cm³/mol. The van der Waals surface area contributed by atoms with Gasteiger partial charge < -0.3 is 10.2 Å². The van der Waals surface area contributed by atoms with Crippen LogP contribution in [0.1, 0.15) is 38.3 Å². The molecule has 0 aromatic heterocycles. The summed E-state index contributed by atoms with van der Waals surface area (Å²) in [6, 6.07) is 18.8. The van der Waals surface area contributed by atoms with E-state index < -0.39 is 28.5 Å². The number of hydrogen-bond acceptors (Lipinski definition) is 4. The van der Waals surface area contributed by atoms with Crippen LogP contribution in [0.4, 0.5) is 5.69 Å². The van der Waals surface area contributed by atoms with Crippen LogP contribution in [0.2, 0.25) is 10.0 Å². The second-order valence-corrected chi connectivity index (χ2v) is 12.1. The molecular formula is C29H33Cl2N3O4S. The molecule has 208 valence electrons. The summed E-state index contributed by atoms with van der Waals surface area (Å²) in [5.41, 5.74) is 1.75. The Morgan fingerprint density at radius 3 is 2.23 bits per heavy atom. The summed E-state index contributed by atoms with van der Waals surface area (Å²) in [6.45, 7) is 6.78. The van der Waals surface area contributed by atoms with Gasteiger partial charge in [-0.2, -0.15) is 0 Å². The molecule has 39 heavy (non-hydrogen) atoms. The molecule has 0 saturated carbocycles. The number of carbonyl (C=O) groups is 2. The van der Waals surface area contributed by atoms with Crippen molar-refractivity contribution in [2.75, 3.05) is 10.8 Å². The average molecular weight is 591 g/mol. The van der Waals surface area contributed by atoms with Gasteiger partial charge in [-0.25, -0.2) is 8.42 Å². The van der Waals surface area contributed by atoms with Gasteiger partial charge in [-0.05, 0) is 69.2 Å². The molecule has 0 heterocycles. The second-order valence-electron chi connectivity index (χ2n) is 9.42. The molecule has 0 bridgehead atoms. The number of aryl methyl sites for hydroxylation is 1. The van der Waals surface area contributed by atoms with E-state index in [1.54, 1.807) is 67.6 Å². The van der Waals surface area contributed by atoms with Gasteiger partial charge in [-0.15, -0.1) is 0 Å². The molecule has 2 unspecified atom stereocenters. The molecular weight excluding hydrogens is 557 g/mol. The van der Waals surface area contributed by atoms with Gasteiger partial charge in [0.2, 0.25) is 11.8 Å². The van der Waals surface area contributed by atoms with Gasteiger partial charge in [0, 0.05) is 17.6 Å². The molecule has 0 fully saturated rings. The summed E-state index contributed by atoms with van der Waals surface area (Å²) in [5, 5.41) is 3.56. The maximum Gasteiger partial charge on any atom is 0.264 e. The fourth-order valence-corrected chi connectivity index (χ4v) is 5.82. The molecule has 0 aliphatic heterocycles. The van der Waals surface area contributed by atoms with Crippen molar-refractivity contribution in [3.8, 4) is 0 Å². The van der Waals surface area contributed by atoms with E-state index in [-0.39, 0.29) is 34.1 Å². The van der Waals surface area contributed by atoms with Crippen LogP contribution in [0, 0.1) is 6.92 Å². The van der Waals surface area contributed by atoms with E-state index in [9.17, 15) is 18.0 Å². The summed E-state index contributed by atoms with van der Waals surface area (Å²) in [6.07, 6.45) is 0.718. The zero-order chi connectivity index (χ0) is 28.7. The van der Waals surface area contributed by atoms with Crippen molar-refractivity contribution in [3.63, 3.8) is 0 Å². The van der Waals surface area contributed by atoms with Crippen LogP contribution < -0.4 is 9.62 Å². The van der Waals surface area contributed by atoms with E-state index >= 15 is 0 Å². The molecule has 0 aliphatic rings. The molecule has 7 nitrogen and oxygen atoms in total. The molecule has 0 saturated heterocycles. The maximum atomic E-state index is 13.9. The lowest BCUT2D eigenvalue weighted by Gasteiger charge is -2.32. The SMILES string of the molecule is CCC(C)NC(=O)C(C)N(Cc1cccc(Cl)c1)C(=O)CN(c1ccccc1Cl)S(=O)(=O)c1ccc(C)cc1. The fourth-order valence-electron chi connectivity index (χ4n) is 3.88. The summed E-state index contributed by atoms with van der Waals surface area (Å²) in [7, 11) is -4.19. The zero-order valence-corrected chi connectivity index (χ0v) is 24.7. The number of anilines is 1. The first-order chi connectivity index (χ1) is 18.4. The molecule has 1 N–H and O–H groups in total. The van der Waals surface area contributed by atoms with E-state index in [2.05, 4.69) is 5.32 Å². The predicted octanol–water partition coefficient (Wildman–Crippen LogP) is 5.83. The number of sulfonamides is 1. The summed E-state index contributed by atoms with van der Waals surface area (Å²) in [5.74, 6) is -0.914. The minimum atomic E-state index is -4.19. The second kappa shape index (κ2) is 13.3. The van der Waals surface area contributed by atoms with E-state index in [0.717, 1.165) is 16.3 Å². The number of amides is 2. The minimum absolute atomic E-state index is 0.0183. The highest BCUT2D eigenvalue weighted by atomic mass is 35.5. The first kappa shape index (κ1) is 30.5. The van der Waals surface area contributed by atoms with Gasteiger partial charge in [0.15, 0.2) is 0 Å². The first-order valence-electron chi connectivity index (χ1n) is 12.6. The maximum absolute atomic E-state index is 13.9. The Morgan fingerprint density at radius 2 is 1.62 bits per heavy atom. The summed E-state index contributed by atoms with van der Waals surface area (Å²) >= 11 is 12.6. The third-order valence-electron chi connectivity index (χ3n) is 6.42. The lowest BCUT2D eigenvalue weighted by molar-refractivity contribution is -0.139. The number of nitrogens with zero attached hydrogens (tertiary/aromatic N) is 2. The number of halogens is 2. The molecule has 2 atom stereocenters.